The van der Waals surface area contributed by atoms with Crippen LogP contribution in [0.1, 0.15) is 42.5 Å². The number of nitrogens with one attached hydrogen (secondary N) is 1. The summed E-state index contributed by atoms with van der Waals surface area (Å²) in [4.78, 5) is 40.2. The minimum absolute atomic E-state index is 0.0191. The number of carbonyl (C=O) groups is 3. The Morgan fingerprint density at radius 1 is 1.10 bits per heavy atom. The van der Waals surface area contributed by atoms with E-state index in [1.165, 1.54) is 12.8 Å². The van der Waals surface area contributed by atoms with Crippen LogP contribution in [0.4, 0.5) is 5.69 Å². The summed E-state index contributed by atoms with van der Waals surface area (Å²) in [7, 11) is 0. The Kier molecular flexibility index (Phi) is 4.88. The first-order valence-corrected chi connectivity index (χ1v) is 11.5. The molecule has 4 fully saturated rings. The Balaban J connectivity index is 1.31. The van der Waals surface area contributed by atoms with E-state index in [-0.39, 0.29) is 52.4 Å². The van der Waals surface area contributed by atoms with E-state index in [2.05, 4.69) is 21.2 Å². The molecule has 6 atom stereocenters. The van der Waals surface area contributed by atoms with Gasteiger partial charge in [0.1, 0.15) is 6.10 Å². The standard InChI is InChI=1S/C22H25BrN2O4/c23-18-14-11-15-17(22(28)29-19(15)18)16(14)20(26)24-13-7-5-6-12(10-13)21(27)25-8-3-1-2-4-9-25/h5-7,10,14-19H,1-4,8-9,11H2,(H,24,26)/t14-,15-,16-,17-,18+,19+/m1/s1. The molecule has 1 aromatic carbocycles. The first-order valence-electron chi connectivity index (χ1n) is 10.6. The van der Waals surface area contributed by atoms with E-state index >= 15 is 0 Å². The molecular formula is C22H25BrN2O4. The highest BCUT2D eigenvalue weighted by atomic mass is 79.9. The third kappa shape index (κ3) is 3.18. The number of carbonyl (C=O) groups excluding carboxylic acids is 3. The highest BCUT2D eigenvalue weighted by Gasteiger charge is 2.67. The van der Waals surface area contributed by atoms with E-state index in [4.69, 9.17) is 4.74 Å². The Bertz CT molecular complexity index is 851. The second-order valence-electron chi connectivity index (χ2n) is 8.74. The number of amides is 2. The highest BCUT2D eigenvalue weighted by Crippen LogP contribution is 2.60. The first-order chi connectivity index (χ1) is 14.0. The fraction of sp³-hybridized carbons (Fsp3) is 0.591. The SMILES string of the molecule is O=C(Nc1cccc(C(=O)N2CCCCCC2)c1)[C@@H]1[C@H]2C[C@H]3[C@H](OC(=O)[C@H]31)[C@H]2Br. The molecule has 2 amide bonds. The predicted octanol–water partition coefficient (Wildman–Crippen LogP) is 3.21. The molecule has 2 saturated carbocycles. The van der Waals surface area contributed by atoms with Crippen LogP contribution in [-0.4, -0.2) is 46.7 Å². The average molecular weight is 461 g/mol. The molecule has 29 heavy (non-hydrogen) atoms. The van der Waals surface area contributed by atoms with Crippen LogP contribution in [0.3, 0.4) is 0 Å². The van der Waals surface area contributed by atoms with Crippen LogP contribution in [0.2, 0.25) is 0 Å². The molecule has 6 nitrogen and oxygen atoms in total. The van der Waals surface area contributed by atoms with Crippen molar-refractivity contribution in [3.05, 3.63) is 29.8 Å². The second-order valence-corrected chi connectivity index (χ2v) is 9.79. The van der Waals surface area contributed by atoms with E-state index in [1.54, 1.807) is 24.3 Å². The monoisotopic (exact) mass is 460 g/mol. The molecule has 0 aromatic heterocycles. The zero-order valence-corrected chi connectivity index (χ0v) is 17.8. The van der Waals surface area contributed by atoms with E-state index in [1.807, 2.05) is 4.90 Å². The topological polar surface area (TPSA) is 75.7 Å². The quantitative estimate of drug-likeness (QED) is 0.554. The Hall–Kier alpha value is -1.89. The van der Waals surface area contributed by atoms with Crippen molar-refractivity contribution in [2.24, 2.45) is 23.7 Å². The molecule has 154 valence electrons. The number of fused-ring (bicyclic) bond motifs is 1. The molecule has 4 aliphatic rings. The first kappa shape index (κ1) is 19.1. The van der Waals surface area contributed by atoms with E-state index in [0.717, 1.165) is 32.4 Å². The van der Waals surface area contributed by atoms with Gasteiger partial charge < -0.3 is 15.0 Å². The molecule has 0 spiro atoms. The maximum atomic E-state index is 13.1. The molecule has 1 N–H and O–H groups in total. The number of esters is 1. The molecular weight excluding hydrogens is 436 g/mol. The number of rotatable bonds is 3. The summed E-state index contributed by atoms with van der Waals surface area (Å²) >= 11 is 3.64. The van der Waals surface area contributed by atoms with Gasteiger partial charge in [-0.1, -0.05) is 34.8 Å². The van der Waals surface area contributed by atoms with Gasteiger partial charge in [-0.15, -0.1) is 0 Å². The molecule has 0 unspecified atom stereocenters. The average Bonchev–Trinajstić information content (AvgIpc) is 3.22. The number of likely N-dealkylation sites (tertiary alicyclic amines) is 1. The lowest BCUT2D eigenvalue weighted by Crippen LogP contribution is -2.40. The largest absolute Gasteiger partial charge is 0.461 e. The lowest BCUT2D eigenvalue weighted by atomic mass is 9.79. The van der Waals surface area contributed by atoms with Crippen molar-refractivity contribution in [3.8, 4) is 0 Å². The lowest BCUT2D eigenvalue weighted by molar-refractivity contribution is -0.145. The normalized spacial score (nSPS) is 35.3. The van der Waals surface area contributed by atoms with Gasteiger partial charge in [-0.3, -0.25) is 14.4 Å². The third-order valence-electron chi connectivity index (χ3n) is 7.10. The van der Waals surface area contributed by atoms with Crippen molar-refractivity contribution in [3.63, 3.8) is 0 Å². The predicted molar refractivity (Wildman–Crippen MR) is 111 cm³/mol. The van der Waals surface area contributed by atoms with Gasteiger partial charge in [-0.2, -0.15) is 0 Å². The number of halogens is 1. The molecule has 2 bridgehead atoms. The summed E-state index contributed by atoms with van der Waals surface area (Å²) in [6.45, 7) is 1.58. The molecule has 7 heteroatoms. The van der Waals surface area contributed by atoms with Crippen LogP contribution in [0.15, 0.2) is 24.3 Å². The number of hydrogen-bond donors (Lipinski definition) is 1. The Labute approximate surface area is 178 Å². The van der Waals surface area contributed by atoms with Crippen LogP contribution < -0.4 is 5.32 Å². The fourth-order valence-corrected chi connectivity index (χ4v) is 6.79. The summed E-state index contributed by atoms with van der Waals surface area (Å²) in [6.07, 6.45) is 5.18. The maximum Gasteiger partial charge on any atom is 0.310 e. The minimum atomic E-state index is -0.374. The number of benzene rings is 1. The summed E-state index contributed by atoms with van der Waals surface area (Å²) in [6, 6.07) is 7.15. The van der Waals surface area contributed by atoms with Gasteiger partial charge in [-0.05, 0) is 43.4 Å². The third-order valence-corrected chi connectivity index (χ3v) is 8.30. The molecule has 2 saturated heterocycles. The zero-order valence-electron chi connectivity index (χ0n) is 16.2. The van der Waals surface area contributed by atoms with Crippen LogP contribution in [0.5, 0.6) is 0 Å². The van der Waals surface area contributed by atoms with Crippen LogP contribution in [-0.2, 0) is 14.3 Å². The molecule has 0 radical (unpaired) electrons. The molecule has 5 rings (SSSR count). The van der Waals surface area contributed by atoms with Gasteiger partial charge in [0.15, 0.2) is 0 Å². The number of nitrogens with zero attached hydrogens (tertiary/aromatic N) is 1. The highest BCUT2D eigenvalue weighted by molar-refractivity contribution is 9.09. The second kappa shape index (κ2) is 7.42. The fourth-order valence-electron chi connectivity index (χ4n) is 5.74. The van der Waals surface area contributed by atoms with Crippen LogP contribution in [0.25, 0.3) is 0 Å². The molecule has 2 aliphatic heterocycles. The summed E-state index contributed by atoms with van der Waals surface area (Å²) in [5.41, 5.74) is 1.20. The summed E-state index contributed by atoms with van der Waals surface area (Å²) in [5, 5.41) is 2.96. The van der Waals surface area contributed by atoms with Crippen molar-refractivity contribution in [1.82, 2.24) is 4.90 Å². The van der Waals surface area contributed by atoms with Gasteiger partial charge in [0.2, 0.25) is 5.91 Å². The maximum absolute atomic E-state index is 13.1. The van der Waals surface area contributed by atoms with Crippen molar-refractivity contribution >= 4 is 39.4 Å². The van der Waals surface area contributed by atoms with Crippen molar-refractivity contribution in [2.75, 3.05) is 18.4 Å². The van der Waals surface area contributed by atoms with Crippen molar-refractivity contribution in [1.29, 1.82) is 0 Å². The van der Waals surface area contributed by atoms with E-state index in [9.17, 15) is 14.4 Å². The smallest absolute Gasteiger partial charge is 0.310 e. The van der Waals surface area contributed by atoms with E-state index < -0.39 is 0 Å². The lowest BCUT2D eigenvalue weighted by Gasteiger charge is -2.27. The van der Waals surface area contributed by atoms with E-state index in [0.29, 0.717) is 11.3 Å². The van der Waals surface area contributed by atoms with Crippen molar-refractivity contribution in [2.45, 2.75) is 43.0 Å². The summed E-state index contributed by atoms with van der Waals surface area (Å²) in [5.74, 6) is -0.822. The Morgan fingerprint density at radius 2 is 1.86 bits per heavy atom. The van der Waals surface area contributed by atoms with Gasteiger partial charge in [0.05, 0.1) is 16.7 Å². The van der Waals surface area contributed by atoms with Crippen LogP contribution in [0, 0.1) is 23.7 Å². The Morgan fingerprint density at radius 3 is 2.62 bits per heavy atom. The van der Waals surface area contributed by atoms with Gasteiger partial charge in [0.25, 0.3) is 5.91 Å². The number of hydrogen-bond acceptors (Lipinski definition) is 4. The van der Waals surface area contributed by atoms with Gasteiger partial charge >= 0.3 is 5.97 Å². The van der Waals surface area contributed by atoms with Crippen molar-refractivity contribution < 1.29 is 19.1 Å². The summed E-state index contributed by atoms with van der Waals surface area (Å²) < 4.78 is 5.49. The van der Waals surface area contributed by atoms with Crippen LogP contribution >= 0.6 is 15.9 Å². The zero-order chi connectivity index (χ0) is 20.1. The molecule has 2 heterocycles. The minimum Gasteiger partial charge on any atom is -0.461 e. The number of ether oxygens (including phenoxy) is 1. The molecule has 2 aliphatic carbocycles. The molecule has 1 aromatic rings. The number of alkyl halides is 1. The number of anilines is 1. The van der Waals surface area contributed by atoms with Gasteiger partial charge in [0, 0.05) is 30.3 Å². The van der Waals surface area contributed by atoms with Gasteiger partial charge in [-0.25, -0.2) is 0 Å².